The van der Waals surface area contributed by atoms with Crippen molar-refractivity contribution in [2.45, 2.75) is 0 Å². The Morgan fingerprint density at radius 3 is 2.67 bits per heavy atom. The SMILES string of the molecule is O=C(NC1=CS(=S(=O)=O)C=N1)Oc1cc(Cl)c(F)cc1F. The summed E-state index contributed by atoms with van der Waals surface area (Å²) in [4.78, 5) is 15.1. The zero-order valence-corrected chi connectivity index (χ0v) is 12.2. The lowest BCUT2D eigenvalue weighted by Gasteiger charge is -2.07. The van der Waals surface area contributed by atoms with E-state index in [1.54, 1.807) is 0 Å². The van der Waals surface area contributed by atoms with E-state index in [0.717, 1.165) is 11.6 Å². The topological polar surface area (TPSA) is 84.8 Å². The minimum atomic E-state index is -2.38. The lowest BCUT2D eigenvalue weighted by molar-refractivity contribution is 0.201. The molecule has 1 aromatic rings. The maximum atomic E-state index is 13.3. The van der Waals surface area contributed by atoms with Crippen LogP contribution in [0.1, 0.15) is 0 Å². The molecule has 1 atom stereocenters. The molecule has 11 heteroatoms. The summed E-state index contributed by atoms with van der Waals surface area (Å²) in [5.41, 5.74) is 1.12. The summed E-state index contributed by atoms with van der Waals surface area (Å²) in [6, 6.07) is 1.27. The molecule has 0 aliphatic carbocycles. The molecule has 0 aromatic heterocycles. The normalized spacial score (nSPS) is 16.5. The number of rotatable bonds is 2. The molecular formula is C10H5ClF2N2O4S2. The van der Waals surface area contributed by atoms with Crippen molar-refractivity contribution < 1.29 is 26.7 Å². The Bertz CT molecular complexity index is 813. The third kappa shape index (κ3) is 3.86. The van der Waals surface area contributed by atoms with Gasteiger partial charge in [0.05, 0.1) is 10.6 Å². The van der Waals surface area contributed by atoms with Gasteiger partial charge in [-0.1, -0.05) is 11.6 Å². The Hall–Kier alpha value is -1.78. The number of aliphatic imine (C=N–C) groups is 1. The van der Waals surface area contributed by atoms with Crippen LogP contribution in [-0.2, 0) is 18.7 Å². The van der Waals surface area contributed by atoms with Crippen LogP contribution in [0.3, 0.4) is 0 Å². The van der Waals surface area contributed by atoms with Crippen molar-refractivity contribution >= 4 is 42.0 Å². The van der Waals surface area contributed by atoms with Crippen LogP contribution in [0.4, 0.5) is 13.6 Å². The van der Waals surface area contributed by atoms with Crippen molar-refractivity contribution in [3.8, 4) is 5.75 Å². The van der Waals surface area contributed by atoms with Gasteiger partial charge in [-0.05, 0) is 0 Å². The van der Waals surface area contributed by atoms with Crippen molar-refractivity contribution in [2.24, 2.45) is 4.99 Å². The van der Waals surface area contributed by atoms with E-state index >= 15 is 0 Å². The van der Waals surface area contributed by atoms with E-state index in [4.69, 9.17) is 11.6 Å². The molecule has 1 aliphatic heterocycles. The lowest BCUT2D eigenvalue weighted by Crippen LogP contribution is -2.25. The van der Waals surface area contributed by atoms with Gasteiger partial charge in [0.1, 0.15) is 11.6 Å². The molecule has 0 saturated heterocycles. The second-order valence-electron chi connectivity index (χ2n) is 3.48. The third-order valence-electron chi connectivity index (χ3n) is 2.09. The van der Waals surface area contributed by atoms with Crippen LogP contribution in [0.2, 0.25) is 5.02 Å². The molecule has 0 bridgehead atoms. The van der Waals surface area contributed by atoms with Gasteiger partial charge in [0.15, 0.2) is 11.6 Å². The van der Waals surface area contributed by atoms with Crippen molar-refractivity contribution in [3.05, 3.63) is 40.0 Å². The van der Waals surface area contributed by atoms with Gasteiger partial charge in [-0.25, -0.2) is 18.6 Å². The molecule has 1 aromatic carbocycles. The fourth-order valence-electron chi connectivity index (χ4n) is 1.23. The standard InChI is InChI=1S/C10H5ClF2N2O4S2/c11-5-1-8(7(13)2-6(5)12)19-10(16)15-9-3-20(4-14-9)21(17)18/h1-4H,(H,15,16). The van der Waals surface area contributed by atoms with Gasteiger partial charge in [-0.15, -0.1) is 0 Å². The van der Waals surface area contributed by atoms with Crippen LogP contribution in [0.15, 0.2) is 28.4 Å². The van der Waals surface area contributed by atoms with Gasteiger partial charge in [0.2, 0.25) is 9.26 Å². The van der Waals surface area contributed by atoms with Crippen LogP contribution >= 0.6 is 11.6 Å². The summed E-state index contributed by atoms with van der Waals surface area (Å²) in [5.74, 6) is -2.74. The molecule has 0 spiro atoms. The van der Waals surface area contributed by atoms with Crippen molar-refractivity contribution in [1.29, 1.82) is 0 Å². The van der Waals surface area contributed by atoms with E-state index < -0.39 is 47.2 Å². The van der Waals surface area contributed by atoms with Crippen LogP contribution in [0, 0.1) is 11.6 Å². The molecule has 1 aliphatic rings. The van der Waals surface area contributed by atoms with E-state index in [1.165, 1.54) is 5.41 Å². The van der Waals surface area contributed by atoms with Crippen LogP contribution in [0.25, 0.3) is 0 Å². The number of hydrogen-bond acceptors (Lipinski definition) is 5. The molecule has 21 heavy (non-hydrogen) atoms. The molecule has 1 unspecified atom stereocenters. The molecule has 2 rings (SSSR count). The van der Waals surface area contributed by atoms with E-state index in [0.29, 0.717) is 6.07 Å². The molecule has 0 fully saturated rings. The molecule has 6 nitrogen and oxygen atoms in total. The van der Waals surface area contributed by atoms with Crippen molar-refractivity contribution in [2.75, 3.05) is 0 Å². The third-order valence-corrected chi connectivity index (χ3v) is 4.95. The summed E-state index contributed by atoms with van der Waals surface area (Å²) in [6.07, 6.45) is -1.12. The predicted molar refractivity (Wildman–Crippen MR) is 73.4 cm³/mol. The minimum Gasteiger partial charge on any atom is -0.407 e. The summed E-state index contributed by atoms with van der Waals surface area (Å²) < 4.78 is 52.2. The Labute approximate surface area is 125 Å². The number of carbonyl (C=O) groups is 1. The number of nitrogens with zero attached hydrogens (tertiary/aromatic N) is 1. The smallest absolute Gasteiger partial charge is 0.407 e. The Morgan fingerprint density at radius 1 is 1.33 bits per heavy atom. The first-order valence-corrected chi connectivity index (χ1v) is 8.40. The quantitative estimate of drug-likeness (QED) is 0.823. The molecule has 112 valence electrons. The average Bonchev–Trinajstić information content (AvgIpc) is 2.84. The largest absolute Gasteiger partial charge is 0.418 e. The Kier molecular flexibility index (Phi) is 4.70. The van der Waals surface area contributed by atoms with E-state index in [2.05, 4.69) is 15.0 Å². The summed E-state index contributed by atoms with van der Waals surface area (Å²) in [5, 5.41) is 2.87. The van der Waals surface area contributed by atoms with Gasteiger partial charge in [-0.2, -0.15) is 8.42 Å². The fraction of sp³-hybridized carbons (Fsp3) is 0. The van der Waals surface area contributed by atoms with Gasteiger partial charge >= 0.3 is 6.09 Å². The average molecular weight is 355 g/mol. The molecule has 0 radical (unpaired) electrons. The van der Waals surface area contributed by atoms with Crippen LogP contribution in [0.5, 0.6) is 5.75 Å². The highest BCUT2D eigenvalue weighted by molar-refractivity contribution is 8.42. The maximum Gasteiger partial charge on any atom is 0.418 e. The molecule has 1 heterocycles. The number of benzene rings is 1. The highest BCUT2D eigenvalue weighted by atomic mass is 35.5. The second kappa shape index (κ2) is 6.33. The number of halogens is 3. The summed E-state index contributed by atoms with van der Waals surface area (Å²) in [6.45, 7) is 0. The predicted octanol–water partition coefficient (Wildman–Crippen LogP) is 1.96. The van der Waals surface area contributed by atoms with Crippen molar-refractivity contribution in [3.63, 3.8) is 0 Å². The number of hydrogen-bond donors (Lipinski definition) is 1. The molecule has 0 saturated carbocycles. The highest BCUT2D eigenvalue weighted by Crippen LogP contribution is 2.25. The number of nitrogens with one attached hydrogen (secondary N) is 1. The van der Waals surface area contributed by atoms with Gasteiger partial charge in [0, 0.05) is 27.0 Å². The van der Waals surface area contributed by atoms with Crippen LogP contribution in [-0.4, -0.2) is 20.1 Å². The lowest BCUT2D eigenvalue weighted by atomic mass is 10.3. The first-order chi connectivity index (χ1) is 9.86. The summed E-state index contributed by atoms with van der Waals surface area (Å²) in [7, 11) is -3.62. The van der Waals surface area contributed by atoms with Crippen molar-refractivity contribution in [1.82, 2.24) is 5.32 Å². The zero-order valence-electron chi connectivity index (χ0n) is 9.84. The molecule has 1 amide bonds. The van der Waals surface area contributed by atoms with Gasteiger partial charge in [0.25, 0.3) is 0 Å². The number of ether oxygens (including phenoxy) is 1. The second-order valence-corrected chi connectivity index (χ2v) is 7.37. The van der Waals surface area contributed by atoms with Gasteiger partial charge in [-0.3, -0.25) is 5.32 Å². The first kappa shape index (κ1) is 15.6. The molecular weight excluding hydrogens is 350 g/mol. The molecule has 1 N–H and O–H groups in total. The first-order valence-electron chi connectivity index (χ1n) is 5.08. The summed E-state index contributed by atoms with van der Waals surface area (Å²) >= 11 is 5.44. The van der Waals surface area contributed by atoms with E-state index in [-0.39, 0.29) is 5.82 Å². The number of amides is 1. The van der Waals surface area contributed by atoms with E-state index in [1.807, 2.05) is 0 Å². The maximum absolute atomic E-state index is 13.3. The van der Waals surface area contributed by atoms with Gasteiger partial charge < -0.3 is 4.74 Å². The Morgan fingerprint density at radius 2 is 2.05 bits per heavy atom. The zero-order chi connectivity index (χ0) is 15.6. The minimum absolute atomic E-state index is 0.0545. The Balaban J connectivity index is 2.11. The highest BCUT2D eigenvalue weighted by Gasteiger charge is 2.15. The fourth-order valence-corrected chi connectivity index (χ4v) is 3.00. The number of carbonyl (C=O) groups excluding carboxylic acids is 1. The van der Waals surface area contributed by atoms with E-state index in [9.17, 15) is 22.0 Å². The van der Waals surface area contributed by atoms with Crippen LogP contribution < -0.4 is 10.1 Å². The monoisotopic (exact) mass is 354 g/mol.